The number of carbonyl (C=O) groups is 1. The highest BCUT2D eigenvalue weighted by molar-refractivity contribution is 9.10. The van der Waals surface area contributed by atoms with E-state index in [1.165, 1.54) is 0 Å². The normalized spacial score (nSPS) is 22.5. The van der Waals surface area contributed by atoms with Crippen LogP contribution >= 0.6 is 15.9 Å². The van der Waals surface area contributed by atoms with Gasteiger partial charge in [-0.1, -0.05) is 15.9 Å². The molecular formula is C14H18BrNO3. The highest BCUT2D eigenvalue weighted by Crippen LogP contribution is 2.26. The Labute approximate surface area is 121 Å². The molecule has 0 amide bonds. The Hall–Kier alpha value is -0.910. The molecule has 19 heavy (non-hydrogen) atoms. The van der Waals surface area contributed by atoms with E-state index in [1.807, 2.05) is 18.2 Å². The number of Topliss-reactive ketones (excluding diaryl/α,β-unsaturated/α-hetero) is 1. The lowest BCUT2D eigenvalue weighted by Gasteiger charge is -2.12. The minimum atomic E-state index is -0.313. The van der Waals surface area contributed by atoms with Gasteiger partial charge in [-0.2, -0.15) is 0 Å². The molecule has 1 aromatic rings. The van der Waals surface area contributed by atoms with Crippen LogP contribution in [0.15, 0.2) is 22.7 Å². The van der Waals surface area contributed by atoms with Crippen molar-refractivity contribution in [3.05, 3.63) is 28.2 Å². The molecule has 2 N–H and O–H groups in total. The zero-order valence-corrected chi connectivity index (χ0v) is 12.5. The molecule has 0 aliphatic carbocycles. The Morgan fingerprint density at radius 2 is 2.32 bits per heavy atom. The zero-order valence-electron chi connectivity index (χ0n) is 10.9. The number of nitrogens with two attached hydrogens (primary N) is 1. The van der Waals surface area contributed by atoms with Crippen molar-refractivity contribution < 1.29 is 14.3 Å². The van der Waals surface area contributed by atoms with Gasteiger partial charge in [0.15, 0.2) is 5.78 Å². The van der Waals surface area contributed by atoms with Gasteiger partial charge < -0.3 is 15.2 Å². The maximum absolute atomic E-state index is 12.2. The summed E-state index contributed by atoms with van der Waals surface area (Å²) in [5.74, 6) is 0.850. The van der Waals surface area contributed by atoms with Gasteiger partial charge in [-0.05, 0) is 36.6 Å². The number of halogens is 1. The van der Waals surface area contributed by atoms with Crippen LogP contribution in [0.1, 0.15) is 18.4 Å². The van der Waals surface area contributed by atoms with Crippen molar-refractivity contribution >= 4 is 21.7 Å². The number of hydrogen-bond donors (Lipinski definition) is 1. The maximum atomic E-state index is 12.2. The molecule has 1 fully saturated rings. The molecule has 4 nitrogen and oxygen atoms in total. The predicted molar refractivity (Wildman–Crippen MR) is 76.4 cm³/mol. The van der Waals surface area contributed by atoms with Crippen LogP contribution in [0.25, 0.3) is 0 Å². The standard InChI is InChI=1S/C14H18BrNO3/c1-18-10-2-4-12(15)9(6-10)7-13(17)14-5-3-11(8-16)19-14/h2,4,6,11,14H,3,5,7-8,16H2,1H3. The van der Waals surface area contributed by atoms with Crippen LogP contribution in [0.4, 0.5) is 0 Å². The SMILES string of the molecule is COc1ccc(Br)c(CC(=O)C2CCC(CN)O2)c1. The Bertz CT molecular complexity index is 464. The highest BCUT2D eigenvalue weighted by atomic mass is 79.9. The van der Waals surface area contributed by atoms with Crippen molar-refractivity contribution in [2.24, 2.45) is 5.73 Å². The topological polar surface area (TPSA) is 61.5 Å². The lowest BCUT2D eigenvalue weighted by Crippen LogP contribution is -2.26. The summed E-state index contributed by atoms with van der Waals surface area (Å²) >= 11 is 3.45. The van der Waals surface area contributed by atoms with E-state index >= 15 is 0 Å². The van der Waals surface area contributed by atoms with Crippen LogP contribution in [0.3, 0.4) is 0 Å². The minimum absolute atomic E-state index is 0.0303. The van der Waals surface area contributed by atoms with Crippen LogP contribution in [0, 0.1) is 0 Å². The molecule has 2 unspecified atom stereocenters. The molecule has 1 heterocycles. The lowest BCUT2D eigenvalue weighted by molar-refractivity contribution is -0.128. The van der Waals surface area contributed by atoms with Gasteiger partial charge in [-0.15, -0.1) is 0 Å². The van der Waals surface area contributed by atoms with E-state index in [-0.39, 0.29) is 18.0 Å². The van der Waals surface area contributed by atoms with E-state index in [0.29, 0.717) is 13.0 Å². The smallest absolute Gasteiger partial charge is 0.165 e. The fourth-order valence-corrected chi connectivity index (χ4v) is 2.62. The average molecular weight is 328 g/mol. The fourth-order valence-electron chi connectivity index (χ4n) is 2.23. The number of rotatable bonds is 5. The first-order valence-electron chi connectivity index (χ1n) is 6.34. The number of ketones is 1. The minimum Gasteiger partial charge on any atom is -0.497 e. The summed E-state index contributed by atoms with van der Waals surface area (Å²) in [5.41, 5.74) is 6.47. The van der Waals surface area contributed by atoms with Crippen LogP contribution in [0.5, 0.6) is 5.75 Å². The van der Waals surface area contributed by atoms with Crippen LogP contribution in [0.2, 0.25) is 0 Å². The van der Waals surface area contributed by atoms with Crippen LogP contribution in [-0.2, 0) is 16.0 Å². The maximum Gasteiger partial charge on any atom is 0.165 e. The molecule has 104 valence electrons. The van der Waals surface area contributed by atoms with Gasteiger partial charge in [-0.25, -0.2) is 0 Å². The molecule has 1 aromatic carbocycles. The van der Waals surface area contributed by atoms with Gasteiger partial charge in [0, 0.05) is 17.4 Å². The molecule has 1 aliphatic heterocycles. The molecular weight excluding hydrogens is 310 g/mol. The zero-order chi connectivity index (χ0) is 13.8. The van der Waals surface area contributed by atoms with Gasteiger partial charge in [0.1, 0.15) is 11.9 Å². The number of carbonyl (C=O) groups excluding carboxylic acids is 1. The Morgan fingerprint density at radius 3 is 2.95 bits per heavy atom. The second-order valence-corrected chi connectivity index (χ2v) is 5.51. The molecule has 0 saturated carbocycles. The van der Waals surface area contributed by atoms with Crippen molar-refractivity contribution in [3.8, 4) is 5.75 Å². The lowest BCUT2D eigenvalue weighted by atomic mass is 10.0. The average Bonchev–Trinajstić information content (AvgIpc) is 2.90. The van der Waals surface area contributed by atoms with Crippen LogP contribution in [-0.4, -0.2) is 31.6 Å². The Morgan fingerprint density at radius 1 is 1.53 bits per heavy atom. The number of ether oxygens (including phenoxy) is 2. The Kier molecular flexibility index (Phi) is 4.96. The van der Waals surface area contributed by atoms with Crippen molar-refractivity contribution in [1.82, 2.24) is 0 Å². The summed E-state index contributed by atoms with van der Waals surface area (Å²) in [4.78, 5) is 12.2. The molecule has 2 rings (SSSR count). The number of benzene rings is 1. The van der Waals surface area contributed by atoms with E-state index in [4.69, 9.17) is 15.2 Å². The van der Waals surface area contributed by atoms with Gasteiger partial charge in [-0.3, -0.25) is 4.79 Å². The summed E-state index contributed by atoms with van der Waals surface area (Å²) in [6.07, 6.45) is 1.70. The monoisotopic (exact) mass is 327 g/mol. The molecule has 0 aromatic heterocycles. The quantitative estimate of drug-likeness (QED) is 0.899. The largest absolute Gasteiger partial charge is 0.497 e. The summed E-state index contributed by atoms with van der Waals surface area (Å²) in [6.45, 7) is 0.479. The van der Waals surface area contributed by atoms with Gasteiger partial charge in [0.2, 0.25) is 0 Å². The molecule has 1 aliphatic rings. The van der Waals surface area contributed by atoms with Crippen molar-refractivity contribution in [2.75, 3.05) is 13.7 Å². The first-order valence-corrected chi connectivity index (χ1v) is 7.14. The summed E-state index contributed by atoms with van der Waals surface area (Å²) < 4.78 is 11.7. The second-order valence-electron chi connectivity index (χ2n) is 4.66. The van der Waals surface area contributed by atoms with Gasteiger partial charge in [0.25, 0.3) is 0 Å². The van der Waals surface area contributed by atoms with Gasteiger partial charge >= 0.3 is 0 Å². The summed E-state index contributed by atoms with van der Waals surface area (Å²) in [7, 11) is 1.61. The van der Waals surface area contributed by atoms with E-state index < -0.39 is 0 Å². The van der Waals surface area contributed by atoms with E-state index in [0.717, 1.165) is 28.6 Å². The number of methoxy groups -OCH3 is 1. The first kappa shape index (κ1) is 14.5. The van der Waals surface area contributed by atoms with E-state index in [1.54, 1.807) is 7.11 Å². The van der Waals surface area contributed by atoms with Crippen molar-refractivity contribution in [1.29, 1.82) is 0 Å². The van der Waals surface area contributed by atoms with E-state index in [2.05, 4.69) is 15.9 Å². The third-order valence-electron chi connectivity index (χ3n) is 3.35. The molecule has 1 saturated heterocycles. The van der Waals surface area contributed by atoms with Crippen molar-refractivity contribution in [3.63, 3.8) is 0 Å². The third-order valence-corrected chi connectivity index (χ3v) is 4.12. The van der Waals surface area contributed by atoms with E-state index in [9.17, 15) is 4.79 Å². The third kappa shape index (κ3) is 3.55. The molecule has 5 heteroatoms. The Balaban J connectivity index is 2.03. The first-order chi connectivity index (χ1) is 9.13. The van der Waals surface area contributed by atoms with Crippen LogP contribution < -0.4 is 10.5 Å². The number of hydrogen-bond acceptors (Lipinski definition) is 4. The second kappa shape index (κ2) is 6.50. The molecule has 2 atom stereocenters. The molecule has 0 bridgehead atoms. The van der Waals surface area contributed by atoms with Gasteiger partial charge in [0.05, 0.1) is 13.2 Å². The predicted octanol–water partition coefficient (Wildman–Crippen LogP) is 2.08. The molecule has 0 radical (unpaired) electrons. The molecule has 0 spiro atoms. The summed E-state index contributed by atoms with van der Waals surface area (Å²) in [5, 5.41) is 0. The van der Waals surface area contributed by atoms with Crippen molar-refractivity contribution in [2.45, 2.75) is 31.5 Å². The fraction of sp³-hybridized carbons (Fsp3) is 0.500. The summed E-state index contributed by atoms with van der Waals surface area (Å²) in [6, 6.07) is 5.62. The highest BCUT2D eigenvalue weighted by Gasteiger charge is 2.29.